The van der Waals surface area contributed by atoms with Crippen LogP contribution in [0.25, 0.3) is 11.0 Å². The molecule has 0 unspecified atom stereocenters. The zero-order valence-electron chi connectivity index (χ0n) is 14.7. The van der Waals surface area contributed by atoms with Gasteiger partial charge in [0.25, 0.3) is 0 Å². The summed E-state index contributed by atoms with van der Waals surface area (Å²) in [6.45, 7) is 0.208. The van der Waals surface area contributed by atoms with Gasteiger partial charge in [-0.05, 0) is 36.8 Å². The summed E-state index contributed by atoms with van der Waals surface area (Å²) in [5.74, 6) is -0.493. The normalized spacial score (nSPS) is 12.0. The number of rotatable bonds is 6. The fourth-order valence-corrected chi connectivity index (χ4v) is 2.94. The Hall–Kier alpha value is -3.21. The SMILES string of the molecule is O=C(NCCc1coc2ccc(OS(=O)(=O)C(F)(F)F)cc12)Nc1ccccc1. The van der Waals surface area contributed by atoms with Crippen molar-refractivity contribution in [2.24, 2.45) is 0 Å². The molecule has 0 fully saturated rings. The van der Waals surface area contributed by atoms with Crippen molar-refractivity contribution in [1.29, 1.82) is 0 Å². The third-order valence-electron chi connectivity index (χ3n) is 3.83. The van der Waals surface area contributed by atoms with E-state index in [0.717, 1.165) is 12.1 Å². The summed E-state index contributed by atoms with van der Waals surface area (Å²) in [6.07, 6.45) is 1.67. The van der Waals surface area contributed by atoms with Gasteiger partial charge in [0.2, 0.25) is 0 Å². The summed E-state index contributed by atoms with van der Waals surface area (Å²) in [7, 11) is -5.77. The van der Waals surface area contributed by atoms with Crippen LogP contribution in [0.5, 0.6) is 5.75 Å². The van der Waals surface area contributed by atoms with Gasteiger partial charge in [0, 0.05) is 23.2 Å². The molecule has 1 aromatic heterocycles. The maximum atomic E-state index is 12.5. The molecule has 0 bridgehead atoms. The highest BCUT2D eigenvalue weighted by Crippen LogP contribution is 2.30. The highest BCUT2D eigenvalue weighted by molar-refractivity contribution is 7.88. The highest BCUT2D eigenvalue weighted by atomic mass is 32.2. The van der Waals surface area contributed by atoms with Crippen molar-refractivity contribution < 1.29 is 35.0 Å². The Kier molecular flexibility index (Phi) is 5.69. The summed E-state index contributed by atoms with van der Waals surface area (Å²) >= 11 is 0. The standard InChI is InChI=1S/C18H15F3N2O5S/c19-18(20,21)29(25,26)28-14-6-7-16-15(10-14)12(11-27-16)8-9-22-17(24)23-13-4-2-1-3-5-13/h1-7,10-11H,8-9H2,(H2,22,23,24). The number of amides is 2. The second-order valence-corrected chi connectivity index (χ2v) is 7.44. The molecule has 0 aliphatic heterocycles. The van der Waals surface area contributed by atoms with Crippen molar-refractivity contribution in [1.82, 2.24) is 5.32 Å². The zero-order valence-corrected chi connectivity index (χ0v) is 15.5. The number of furan rings is 1. The number of anilines is 1. The molecule has 3 aromatic rings. The van der Waals surface area contributed by atoms with E-state index in [-0.39, 0.29) is 6.54 Å². The van der Waals surface area contributed by atoms with Gasteiger partial charge < -0.3 is 19.2 Å². The van der Waals surface area contributed by atoms with Crippen LogP contribution in [0.15, 0.2) is 59.2 Å². The number of carbonyl (C=O) groups is 1. The number of urea groups is 1. The highest BCUT2D eigenvalue weighted by Gasteiger charge is 2.48. The first-order valence-electron chi connectivity index (χ1n) is 8.26. The predicted octanol–water partition coefficient (Wildman–Crippen LogP) is 4.03. The molecule has 0 saturated heterocycles. The van der Waals surface area contributed by atoms with Crippen LogP contribution >= 0.6 is 0 Å². The Labute approximate surface area is 163 Å². The van der Waals surface area contributed by atoms with Crippen LogP contribution in [-0.4, -0.2) is 26.5 Å². The Morgan fingerprint density at radius 2 is 1.83 bits per heavy atom. The maximum Gasteiger partial charge on any atom is 0.534 e. The average Bonchev–Trinajstić information content (AvgIpc) is 3.04. The number of benzene rings is 2. The van der Waals surface area contributed by atoms with E-state index in [1.807, 2.05) is 6.07 Å². The van der Waals surface area contributed by atoms with Gasteiger partial charge in [-0.1, -0.05) is 18.2 Å². The molecule has 2 N–H and O–H groups in total. The minimum atomic E-state index is -5.77. The van der Waals surface area contributed by atoms with E-state index in [0.29, 0.717) is 28.6 Å². The first-order chi connectivity index (χ1) is 13.7. The third-order valence-corrected chi connectivity index (χ3v) is 4.80. The molecule has 2 aromatic carbocycles. The largest absolute Gasteiger partial charge is 0.534 e. The van der Waals surface area contributed by atoms with Gasteiger partial charge in [0.05, 0.1) is 6.26 Å². The van der Waals surface area contributed by atoms with Crippen molar-refractivity contribution >= 4 is 32.8 Å². The van der Waals surface area contributed by atoms with Crippen molar-refractivity contribution in [3.05, 3.63) is 60.4 Å². The first-order valence-corrected chi connectivity index (χ1v) is 9.67. The van der Waals surface area contributed by atoms with E-state index in [9.17, 15) is 26.4 Å². The number of para-hydroxylation sites is 1. The molecule has 0 radical (unpaired) electrons. The van der Waals surface area contributed by atoms with Crippen molar-refractivity contribution in [2.45, 2.75) is 11.9 Å². The van der Waals surface area contributed by atoms with Crippen molar-refractivity contribution in [3.8, 4) is 5.75 Å². The monoisotopic (exact) mass is 428 g/mol. The van der Waals surface area contributed by atoms with Crippen LogP contribution in [0.2, 0.25) is 0 Å². The van der Waals surface area contributed by atoms with Crippen LogP contribution in [-0.2, 0) is 16.5 Å². The summed E-state index contributed by atoms with van der Waals surface area (Å²) in [4.78, 5) is 11.9. The molecule has 7 nitrogen and oxygen atoms in total. The number of fused-ring (bicyclic) bond motifs is 1. The molecule has 1 heterocycles. The number of hydrogen-bond acceptors (Lipinski definition) is 5. The molecule has 0 atom stereocenters. The molecule has 11 heteroatoms. The van der Waals surface area contributed by atoms with E-state index in [4.69, 9.17) is 4.42 Å². The Morgan fingerprint density at radius 3 is 2.52 bits per heavy atom. The van der Waals surface area contributed by atoms with Crippen LogP contribution in [0.1, 0.15) is 5.56 Å². The van der Waals surface area contributed by atoms with Gasteiger partial charge >= 0.3 is 21.7 Å². The third kappa shape index (κ3) is 4.99. The summed E-state index contributed by atoms with van der Waals surface area (Å²) < 4.78 is 69.2. The molecule has 0 spiro atoms. The molecule has 0 aliphatic carbocycles. The van der Waals surface area contributed by atoms with Gasteiger partial charge in [-0.2, -0.15) is 21.6 Å². The van der Waals surface area contributed by atoms with Gasteiger partial charge in [-0.3, -0.25) is 0 Å². The molecular weight excluding hydrogens is 413 g/mol. The minimum Gasteiger partial charge on any atom is -0.464 e. The molecular formula is C18H15F3N2O5S. The number of halogens is 3. The molecule has 29 heavy (non-hydrogen) atoms. The van der Waals surface area contributed by atoms with Crippen LogP contribution in [0.4, 0.5) is 23.7 Å². The van der Waals surface area contributed by atoms with E-state index >= 15 is 0 Å². The molecule has 3 rings (SSSR count). The topological polar surface area (TPSA) is 97.6 Å². The predicted molar refractivity (Wildman–Crippen MR) is 99.0 cm³/mol. The lowest BCUT2D eigenvalue weighted by Crippen LogP contribution is -2.30. The van der Waals surface area contributed by atoms with Gasteiger partial charge in [0.15, 0.2) is 0 Å². The number of alkyl halides is 3. The first kappa shape index (κ1) is 20.5. The zero-order chi connectivity index (χ0) is 21.1. The van der Waals surface area contributed by atoms with E-state index < -0.39 is 27.4 Å². The fourth-order valence-electron chi connectivity index (χ4n) is 2.49. The van der Waals surface area contributed by atoms with Crippen LogP contribution < -0.4 is 14.8 Å². The second kappa shape index (κ2) is 8.03. The summed E-state index contributed by atoms with van der Waals surface area (Å²) in [6, 6.07) is 11.9. The Bertz CT molecular complexity index is 1110. The molecule has 154 valence electrons. The smallest absolute Gasteiger partial charge is 0.464 e. The number of nitrogens with one attached hydrogen (secondary N) is 2. The number of carbonyl (C=O) groups excluding carboxylic acids is 1. The Morgan fingerprint density at radius 1 is 1.10 bits per heavy atom. The molecule has 0 saturated carbocycles. The van der Waals surface area contributed by atoms with Crippen LogP contribution in [0.3, 0.4) is 0 Å². The quantitative estimate of drug-likeness (QED) is 0.457. The average molecular weight is 428 g/mol. The van der Waals surface area contributed by atoms with Crippen molar-refractivity contribution in [2.75, 3.05) is 11.9 Å². The maximum absolute atomic E-state index is 12.5. The molecule has 2 amide bonds. The second-order valence-electron chi connectivity index (χ2n) is 5.90. The van der Waals surface area contributed by atoms with E-state index in [1.54, 1.807) is 24.3 Å². The minimum absolute atomic E-state index is 0.208. The summed E-state index contributed by atoms with van der Waals surface area (Å²) in [5.41, 5.74) is -4.01. The van der Waals surface area contributed by atoms with Gasteiger partial charge in [0.1, 0.15) is 11.3 Å². The van der Waals surface area contributed by atoms with E-state index in [1.165, 1.54) is 12.3 Å². The Balaban J connectivity index is 1.65. The van der Waals surface area contributed by atoms with Crippen LogP contribution in [0, 0.1) is 0 Å². The van der Waals surface area contributed by atoms with Crippen molar-refractivity contribution in [3.63, 3.8) is 0 Å². The summed E-state index contributed by atoms with van der Waals surface area (Å²) in [5, 5.41) is 5.66. The fraction of sp³-hybridized carbons (Fsp3) is 0.167. The lowest BCUT2D eigenvalue weighted by Gasteiger charge is -2.09. The lowest BCUT2D eigenvalue weighted by atomic mass is 10.1. The van der Waals surface area contributed by atoms with Gasteiger partial charge in [-0.25, -0.2) is 4.79 Å². The van der Waals surface area contributed by atoms with E-state index in [2.05, 4.69) is 14.8 Å². The lowest BCUT2D eigenvalue weighted by molar-refractivity contribution is -0.0500. The van der Waals surface area contributed by atoms with Gasteiger partial charge in [-0.15, -0.1) is 0 Å². The molecule has 0 aliphatic rings. The number of hydrogen-bond donors (Lipinski definition) is 2.